The van der Waals surface area contributed by atoms with Crippen LogP contribution in [0.2, 0.25) is 0 Å². The number of fused-ring (bicyclic) bond motifs is 3. The van der Waals surface area contributed by atoms with Gasteiger partial charge < -0.3 is 19.9 Å². The molecule has 1 saturated heterocycles. The van der Waals surface area contributed by atoms with E-state index in [1.165, 1.54) is 17.7 Å². The number of ether oxygens (including phenoxy) is 1. The summed E-state index contributed by atoms with van der Waals surface area (Å²) in [6.45, 7) is 1.77. The molecule has 0 bridgehead atoms. The Kier molecular flexibility index (Phi) is 6.62. The number of hydrogen-bond acceptors (Lipinski definition) is 7. The first-order valence-electron chi connectivity index (χ1n) is 11.9. The molecule has 1 aromatic carbocycles. The van der Waals surface area contributed by atoms with E-state index in [1.54, 1.807) is 11.3 Å². The van der Waals surface area contributed by atoms with E-state index in [1.807, 2.05) is 24.3 Å². The van der Waals surface area contributed by atoms with Crippen molar-refractivity contribution in [1.29, 1.82) is 0 Å². The van der Waals surface area contributed by atoms with Crippen LogP contribution in [0.15, 0.2) is 29.1 Å². The molecule has 178 valence electrons. The third kappa shape index (κ3) is 4.99. The molecule has 1 aliphatic carbocycles. The maximum atomic E-state index is 12.6. The minimum absolute atomic E-state index is 0.0390. The zero-order valence-corrected chi connectivity index (χ0v) is 19.8. The van der Waals surface area contributed by atoms with Gasteiger partial charge in [0.1, 0.15) is 10.7 Å². The molecule has 5 rings (SSSR count). The van der Waals surface area contributed by atoms with Gasteiger partial charge in [0.05, 0.1) is 11.8 Å². The van der Waals surface area contributed by atoms with Gasteiger partial charge in [-0.3, -0.25) is 14.4 Å². The second-order valence-electron chi connectivity index (χ2n) is 8.85. The summed E-state index contributed by atoms with van der Waals surface area (Å²) < 4.78 is 5.11. The highest BCUT2D eigenvalue weighted by molar-refractivity contribution is 7.18. The van der Waals surface area contributed by atoms with E-state index in [9.17, 15) is 14.4 Å². The molecule has 1 amide bonds. The van der Waals surface area contributed by atoms with Crippen LogP contribution in [0.1, 0.15) is 48.4 Å². The van der Waals surface area contributed by atoms with Crippen molar-refractivity contribution in [3.63, 3.8) is 0 Å². The number of nitrogens with zero attached hydrogens (tertiary/aromatic N) is 2. The van der Waals surface area contributed by atoms with E-state index in [-0.39, 0.29) is 30.9 Å². The van der Waals surface area contributed by atoms with Crippen LogP contribution < -0.4 is 15.8 Å². The highest BCUT2D eigenvalue weighted by Gasteiger charge is 2.20. The summed E-state index contributed by atoms with van der Waals surface area (Å²) in [7, 11) is 0. The first-order chi connectivity index (χ1) is 16.6. The maximum Gasteiger partial charge on any atom is 0.306 e. The molecule has 0 radical (unpaired) electrons. The number of carbonyl (C=O) groups excluding carboxylic acids is 2. The van der Waals surface area contributed by atoms with Gasteiger partial charge >= 0.3 is 5.97 Å². The Labute approximate surface area is 201 Å². The first kappa shape index (κ1) is 22.6. The smallest absolute Gasteiger partial charge is 0.306 e. The predicted molar refractivity (Wildman–Crippen MR) is 133 cm³/mol. The Hall–Kier alpha value is -3.20. The Balaban J connectivity index is 1.10. The maximum absolute atomic E-state index is 12.6. The summed E-state index contributed by atoms with van der Waals surface area (Å²) >= 11 is 1.58. The molecular weight excluding hydrogens is 452 g/mol. The molecule has 8 nitrogen and oxygen atoms in total. The van der Waals surface area contributed by atoms with Crippen LogP contribution >= 0.6 is 11.3 Å². The minimum Gasteiger partial charge on any atom is -0.456 e. The number of esters is 1. The highest BCUT2D eigenvalue weighted by atomic mass is 32.1. The van der Waals surface area contributed by atoms with Crippen molar-refractivity contribution in [1.82, 2.24) is 9.97 Å². The van der Waals surface area contributed by atoms with E-state index < -0.39 is 5.97 Å². The summed E-state index contributed by atoms with van der Waals surface area (Å²) in [4.78, 5) is 48.6. The number of aromatic amines is 1. The van der Waals surface area contributed by atoms with Gasteiger partial charge in [-0.1, -0.05) is 0 Å². The van der Waals surface area contributed by atoms with Crippen molar-refractivity contribution in [3.8, 4) is 0 Å². The summed E-state index contributed by atoms with van der Waals surface area (Å²) in [5.74, 6) is -0.428. The molecule has 1 fully saturated rings. The lowest BCUT2D eigenvalue weighted by atomic mass is 9.97. The number of amides is 1. The van der Waals surface area contributed by atoms with Crippen LogP contribution in [-0.4, -0.2) is 41.5 Å². The van der Waals surface area contributed by atoms with Gasteiger partial charge in [-0.05, 0) is 68.4 Å². The summed E-state index contributed by atoms with van der Waals surface area (Å²) in [6, 6.07) is 7.69. The van der Waals surface area contributed by atoms with E-state index >= 15 is 0 Å². The molecule has 9 heteroatoms. The second kappa shape index (κ2) is 9.97. The summed E-state index contributed by atoms with van der Waals surface area (Å²) in [6.07, 6.45) is 6.89. The Morgan fingerprint density at radius 1 is 1.09 bits per heavy atom. The predicted octanol–water partition coefficient (Wildman–Crippen LogP) is 3.58. The number of H-pyrrole nitrogens is 1. The van der Waals surface area contributed by atoms with Crippen molar-refractivity contribution in [3.05, 3.63) is 50.9 Å². The third-order valence-corrected chi connectivity index (χ3v) is 7.61. The van der Waals surface area contributed by atoms with Crippen LogP contribution in [0.5, 0.6) is 0 Å². The number of aryl methyl sites for hydroxylation is 3. The van der Waals surface area contributed by atoms with Gasteiger partial charge in [-0.2, -0.15) is 0 Å². The molecule has 2 aromatic heterocycles. The molecule has 0 saturated carbocycles. The number of rotatable bonds is 7. The van der Waals surface area contributed by atoms with Crippen molar-refractivity contribution in [2.24, 2.45) is 0 Å². The van der Waals surface area contributed by atoms with Crippen molar-refractivity contribution in [2.45, 2.75) is 51.4 Å². The largest absolute Gasteiger partial charge is 0.456 e. The topological polar surface area (TPSA) is 104 Å². The third-order valence-electron chi connectivity index (χ3n) is 6.43. The van der Waals surface area contributed by atoms with E-state index in [2.05, 4.69) is 20.2 Å². The van der Waals surface area contributed by atoms with Crippen molar-refractivity contribution < 1.29 is 14.3 Å². The quantitative estimate of drug-likeness (QED) is 0.501. The van der Waals surface area contributed by atoms with Gasteiger partial charge in [0.15, 0.2) is 6.61 Å². The van der Waals surface area contributed by atoms with E-state index in [0.29, 0.717) is 16.9 Å². The van der Waals surface area contributed by atoms with Gasteiger partial charge in [0.2, 0.25) is 0 Å². The molecular formula is C25H28N4O4S. The molecule has 3 heterocycles. The lowest BCUT2D eigenvalue weighted by Gasteiger charge is -2.17. The molecule has 2 N–H and O–H groups in total. The van der Waals surface area contributed by atoms with Crippen molar-refractivity contribution in [2.75, 3.05) is 29.9 Å². The molecule has 3 aromatic rings. The molecule has 2 aliphatic rings. The fourth-order valence-corrected chi connectivity index (χ4v) is 5.97. The normalized spacial score (nSPS) is 15.4. The van der Waals surface area contributed by atoms with Crippen LogP contribution in [0.25, 0.3) is 10.2 Å². The number of thiophene rings is 1. The van der Waals surface area contributed by atoms with E-state index in [0.717, 1.165) is 54.9 Å². The number of benzene rings is 1. The average molecular weight is 481 g/mol. The van der Waals surface area contributed by atoms with Crippen LogP contribution in [0.4, 0.5) is 11.4 Å². The fourth-order valence-electron chi connectivity index (χ4n) is 4.69. The van der Waals surface area contributed by atoms with Crippen LogP contribution in [0.3, 0.4) is 0 Å². The standard InChI is InChI=1S/C25H28N4O4S/c30-21(26-16-7-9-17(10-8-16)29-13-3-4-14-29)15-33-22(31)12-11-20-27-24(32)23-18-5-1-2-6-19(18)34-25(23)28-20/h7-10H,1-6,11-15H2,(H,26,30)(H,27,28,32). The monoisotopic (exact) mass is 480 g/mol. The van der Waals surface area contributed by atoms with Gasteiger partial charge in [-0.25, -0.2) is 4.98 Å². The van der Waals surface area contributed by atoms with E-state index in [4.69, 9.17) is 4.74 Å². The summed E-state index contributed by atoms with van der Waals surface area (Å²) in [5, 5.41) is 3.45. The minimum atomic E-state index is -0.507. The fraction of sp³-hybridized carbons (Fsp3) is 0.440. The Morgan fingerprint density at radius 2 is 1.85 bits per heavy atom. The number of carbonyl (C=O) groups is 2. The number of aromatic nitrogens is 2. The molecule has 34 heavy (non-hydrogen) atoms. The highest BCUT2D eigenvalue weighted by Crippen LogP contribution is 2.33. The Morgan fingerprint density at radius 3 is 2.65 bits per heavy atom. The molecule has 1 aliphatic heterocycles. The SMILES string of the molecule is O=C(COC(=O)CCc1nc2sc3c(c2c(=O)[nH]1)CCCC3)Nc1ccc(N2CCCC2)cc1. The first-order valence-corrected chi connectivity index (χ1v) is 12.7. The summed E-state index contributed by atoms with van der Waals surface area (Å²) in [5.41, 5.74) is 2.82. The van der Waals surface area contributed by atoms with Crippen molar-refractivity contribution >= 4 is 44.8 Å². The second-order valence-corrected chi connectivity index (χ2v) is 9.94. The lowest BCUT2D eigenvalue weighted by Crippen LogP contribution is -2.21. The van der Waals surface area contributed by atoms with Gasteiger partial charge in [0.25, 0.3) is 11.5 Å². The zero-order chi connectivity index (χ0) is 23.5. The zero-order valence-electron chi connectivity index (χ0n) is 19.0. The number of anilines is 2. The van der Waals surface area contributed by atoms with Crippen LogP contribution in [-0.2, 0) is 33.6 Å². The Bertz CT molecular complexity index is 1260. The lowest BCUT2D eigenvalue weighted by molar-refractivity contribution is -0.147. The molecule has 0 spiro atoms. The molecule has 0 unspecified atom stereocenters. The van der Waals surface area contributed by atoms with Gasteiger partial charge in [0, 0.05) is 35.8 Å². The average Bonchev–Trinajstić information content (AvgIpc) is 3.50. The number of hydrogen-bond donors (Lipinski definition) is 2. The molecule has 0 atom stereocenters. The number of nitrogens with one attached hydrogen (secondary N) is 2. The van der Waals surface area contributed by atoms with Gasteiger partial charge in [-0.15, -0.1) is 11.3 Å². The van der Waals surface area contributed by atoms with Crippen LogP contribution in [0, 0.1) is 0 Å².